The van der Waals surface area contributed by atoms with E-state index in [0.717, 1.165) is 24.3 Å². The number of nitrogens with zero attached hydrogens (tertiary/aromatic N) is 3. The zero-order valence-electron chi connectivity index (χ0n) is 15.3. The number of likely N-dealkylation sites (tertiary alicyclic amines) is 1. The molecule has 2 aliphatic rings. The molecule has 3 aromatic rings. The van der Waals surface area contributed by atoms with Crippen molar-refractivity contribution in [3.05, 3.63) is 83.9 Å². The van der Waals surface area contributed by atoms with Crippen LogP contribution in [0.5, 0.6) is 0 Å². The average molecular weight is 376 g/mol. The molecule has 0 spiro atoms. The number of hydrogen-bond acceptors (Lipinski definition) is 3. The van der Waals surface area contributed by atoms with Crippen LogP contribution in [0, 0.1) is 17.7 Å². The largest absolute Gasteiger partial charge is 0.331 e. The topological polar surface area (TPSA) is 50.2 Å². The van der Waals surface area contributed by atoms with Gasteiger partial charge in [0.05, 0.1) is 17.3 Å². The zero-order valence-corrected chi connectivity index (χ0v) is 15.3. The molecule has 0 bridgehead atoms. The molecule has 6 heteroatoms. The summed E-state index contributed by atoms with van der Waals surface area (Å²) in [5.41, 5.74) is 2.23. The van der Waals surface area contributed by atoms with Crippen molar-refractivity contribution in [2.24, 2.45) is 11.8 Å². The van der Waals surface area contributed by atoms with Crippen LogP contribution >= 0.6 is 0 Å². The number of para-hydroxylation sites is 1. The van der Waals surface area contributed by atoms with Crippen molar-refractivity contribution in [1.29, 1.82) is 0 Å². The second kappa shape index (κ2) is 6.87. The standard InChI is InChI=1S/C22H21FN4O/c23-17-6-3-5-15(11-17)21-19-13-24-12-16(19)14-26(21)22(28)18-7-1-2-8-20(18)27-10-4-9-25-27/h1-11,16,19,21,24H,12-14H2/t16-,19-,21+/m0/s1. The van der Waals surface area contributed by atoms with Crippen LogP contribution in [0.3, 0.4) is 0 Å². The number of nitrogens with one attached hydrogen (secondary N) is 1. The fourth-order valence-corrected chi connectivity index (χ4v) is 4.67. The number of rotatable bonds is 3. The van der Waals surface area contributed by atoms with E-state index < -0.39 is 0 Å². The lowest BCUT2D eigenvalue weighted by molar-refractivity contribution is 0.0713. The van der Waals surface area contributed by atoms with Crippen molar-refractivity contribution in [2.75, 3.05) is 19.6 Å². The van der Waals surface area contributed by atoms with E-state index in [4.69, 9.17) is 0 Å². The van der Waals surface area contributed by atoms with Gasteiger partial charge in [-0.3, -0.25) is 4.79 Å². The van der Waals surface area contributed by atoms with Crippen LogP contribution in [0.15, 0.2) is 67.0 Å². The molecule has 0 aliphatic carbocycles. The summed E-state index contributed by atoms with van der Waals surface area (Å²) in [6, 6.07) is 15.9. The van der Waals surface area contributed by atoms with Crippen LogP contribution in [-0.2, 0) is 0 Å². The summed E-state index contributed by atoms with van der Waals surface area (Å²) in [5, 5.41) is 7.71. The third-order valence-corrected chi connectivity index (χ3v) is 5.90. The number of halogens is 1. The summed E-state index contributed by atoms with van der Waals surface area (Å²) in [6.07, 6.45) is 3.53. The van der Waals surface area contributed by atoms with E-state index in [9.17, 15) is 9.18 Å². The Labute approximate surface area is 162 Å². The maximum Gasteiger partial charge on any atom is 0.256 e. The molecule has 28 heavy (non-hydrogen) atoms. The van der Waals surface area contributed by atoms with Crippen molar-refractivity contribution >= 4 is 5.91 Å². The Morgan fingerprint density at radius 1 is 1.11 bits per heavy atom. The van der Waals surface area contributed by atoms with Crippen LogP contribution in [0.25, 0.3) is 5.69 Å². The number of benzene rings is 2. The molecule has 3 heterocycles. The van der Waals surface area contributed by atoms with Gasteiger partial charge in [0.1, 0.15) is 5.82 Å². The Hall–Kier alpha value is -2.99. The lowest BCUT2D eigenvalue weighted by Gasteiger charge is -2.29. The number of aromatic nitrogens is 2. The first kappa shape index (κ1) is 17.1. The molecule has 5 rings (SSSR count). The number of amides is 1. The molecule has 0 radical (unpaired) electrons. The Balaban J connectivity index is 1.56. The van der Waals surface area contributed by atoms with Crippen LogP contribution in [0.1, 0.15) is 22.0 Å². The summed E-state index contributed by atoms with van der Waals surface area (Å²) < 4.78 is 15.6. The summed E-state index contributed by atoms with van der Waals surface area (Å²) in [7, 11) is 0. The molecule has 1 aromatic heterocycles. The highest BCUT2D eigenvalue weighted by Gasteiger charge is 2.47. The maximum atomic E-state index is 13.9. The first-order chi connectivity index (χ1) is 13.7. The minimum atomic E-state index is -0.267. The number of carbonyl (C=O) groups is 1. The lowest BCUT2D eigenvalue weighted by Crippen LogP contribution is -2.35. The lowest BCUT2D eigenvalue weighted by atomic mass is 9.89. The predicted molar refractivity (Wildman–Crippen MR) is 104 cm³/mol. The van der Waals surface area contributed by atoms with E-state index in [0.29, 0.717) is 23.9 Å². The molecule has 2 aromatic carbocycles. The van der Waals surface area contributed by atoms with Crippen molar-refractivity contribution in [1.82, 2.24) is 20.0 Å². The molecule has 5 nitrogen and oxygen atoms in total. The normalized spacial score (nSPS) is 23.8. The van der Waals surface area contributed by atoms with Crippen LogP contribution in [0.2, 0.25) is 0 Å². The molecule has 1 amide bonds. The molecule has 142 valence electrons. The minimum Gasteiger partial charge on any atom is -0.331 e. The SMILES string of the molecule is O=C(c1ccccc1-n1cccn1)N1C[C@@H]2CNC[C@@H]2[C@H]1c1cccc(F)c1. The van der Waals surface area contributed by atoms with Crippen molar-refractivity contribution in [2.45, 2.75) is 6.04 Å². The number of hydrogen-bond donors (Lipinski definition) is 1. The minimum absolute atomic E-state index is 0.0326. The van der Waals surface area contributed by atoms with Crippen LogP contribution in [-0.4, -0.2) is 40.2 Å². The first-order valence-electron chi connectivity index (χ1n) is 9.58. The highest BCUT2D eigenvalue weighted by Crippen LogP contribution is 2.43. The third kappa shape index (κ3) is 2.81. The number of carbonyl (C=O) groups excluding carboxylic acids is 1. The fourth-order valence-electron chi connectivity index (χ4n) is 4.67. The van der Waals surface area contributed by atoms with Gasteiger partial charge < -0.3 is 10.2 Å². The Kier molecular flexibility index (Phi) is 4.20. The molecule has 0 unspecified atom stereocenters. The molecule has 3 atom stereocenters. The highest BCUT2D eigenvalue weighted by molar-refractivity contribution is 5.98. The molecule has 2 aliphatic heterocycles. The second-order valence-electron chi connectivity index (χ2n) is 7.51. The van der Waals surface area contributed by atoms with Crippen LogP contribution in [0.4, 0.5) is 4.39 Å². The van der Waals surface area contributed by atoms with E-state index in [1.165, 1.54) is 6.07 Å². The van der Waals surface area contributed by atoms with E-state index in [1.54, 1.807) is 23.0 Å². The van der Waals surface area contributed by atoms with Gasteiger partial charge in [-0.25, -0.2) is 9.07 Å². The fraction of sp³-hybridized carbons (Fsp3) is 0.273. The predicted octanol–water partition coefficient (Wildman–Crippen LogP) is 3.04. The molecule has 0 saturated carbocycles. The molecular weight excluding hydrogens is 355 g/mol. The van der Waals surface area contributed by atoms with Crippen LogP contribution < -0.4 is 5.32 Å². The molecule has 2 saturated heterocycles. The zero-order chi connectivity index (χ0) is 19.1. The number of fused-ring (bicyclic) bond motifs is 1. The van der Waals surface area contributed by atoms with Crippen molar-refractivity contribution < 1.29 is 9.18 Å². The Bertz CT molecular complexity index is 1000. The van der Waals surface area contributed by atoms with Gasteiger partial charge >= 0.3 is 0 Å². The Morgan fingerprint density at radius 2 is 2.00 bits per heavy atom. The van der Waals surface area contributed by atoms with Gasteiger partial charge in [-0.15, -0.1) is 0 Å². The van der Waals surface area contributed by atoms with Gasteiger partial charge in [0.25, 0.3) is 5.91 Å². The summed E-state index contributed by atoms with van der Waals surface area (Å²) in [5.74, 6) is 0.378. The molecular formula is C22H21FN4O. The van der Waals surface area contributed by atoms with E-state index in [1.807, 2.05) is 47.5 Å². The van der Waals surface area contributed by atoms with E-state index in [-0.39, 0.29) is 17.8 Å². The average Bonchev–Trinajstić information content (AvgIpc) is 3.44. The summed E-state index contributed by atoms with van der Waals surface area (Å²) in [6.45, 7) is 2.41. The van der Waals surface area contributed by atoms with Gasteiger partial charge in [0, 0.05) is 37.9 Å². The third-order valence-electron chi connectivity index (χ3n) is 5.90. The van der Waals surface area contributed by atoms with Gasteiger partial charge in [-0.05, 0) is 41.8 Å². The quantitative estimate of drug-likeness (QED) is 0.764. The van der Waals surface area contributed by atoms with Gasteiger partial charge in [0.2, 0.25) is 0 Å². The Morgan fingerprint density at radius 3 is 2.82 bits per heavy atom. The van der Waals surface area contributed by atoms with Crippen molar-refractivity contribution in [3.8, 4) is 5.69 Å². The van der Waals surface area contributed by atoms with Crippen molar-refractivity contribution in [3.63, 3.8) is 0 Å². The summed E-state index contributed by atoms with van der Waals surface area (Å²) in [4.78, 5) is 15.6. The van der Waals surface area contributed by atoms with Gasteiger partial charge in [0.15, 0.2) is 0 Å². The highest BCUT2D eigenvalue weighted by atomic mass is 19.1. The monoisotopic (exact) mass is 376 g/mol. The van der Waals surface area contributed by atoms with E-state index in [2.05, 4.69) is 10.4 Å². The maximum absolute atomic E-state index is 13.9. The van der Waals surface area contributed by atoms with E-state index >= 15 is 0 Å². The van der Waals surface area contributed by atoms with Gasteiger partial charge in [-0.2, -0.15) is 5.10 Å². The molecule has 1 N–H and O–H groups in total. The second-order valence-corrected chi connectivity index (χ2v) is 7.51. The smallest absolute Gasteiger partial charge is 0.256 e. The van der Waals surface area contributed by atoms with Gasteiger partial charge in [-0.1, -0.05) is 24.3 Å². The first-order valence-corrected chi connectivity index (χ1v) is 9.58. The molecule has 2 fully saturated rings. The summed E-state index contributed by atoms with van der Waals surface area (Å²) >= 11 is 0.